The number of ketones is 2. The van der Waals surface area contributed by atoms with Crippen LogP contribution in [-0.2, 0) is 6.51 Å². The van der Waals surface area contributed by atoms with E-state index in [9.17, 15) is 9.59 Å². The number of benzene rings is 2. The molecule has 2 nitrogen and oxygen atoms in total. The molecule has 0 radical (unpaired) electrons. The monoisotopic (exact) mass is 478 g/mol. The molecule has 0 N–H and O–H groups in total. The Balaban J connectivity index is 1.16. The summed E-state index contributed by atoms with van der Waals surface area (Å²) < 4.78 is 0.0582. The summed E-state index contributed by atoms with van der Waals surface area (Å²) in [7, 11) is 0. The first-order valence-corrected chi connectivity index (χ1v) is 19.1. The van der Waals surface area contributed by atoms with Crippen LogP contribution in [-0.4, -0.2) is 11.6 Å². The van der Waals surface area contributed by atoms with Gasteiger partial charge in [-0.1, -0.05) is 0 Å². The maximum absolute atomic E-state index is 14.8. The molecular weight excluding hydrogens is 448 g/mol. The molecule has 2 aromatic rings. The zero-order chi connectivity index (χ0) is 22.5. The number of carbonyl (C=O) groups excluding carboxylic acids is 2. The van der Waals surface area contributed by atoms with Crippen LogP contribution in [0.2, 0.25) is 47.2 Å². The average Bonchev–Trinajstić information content (AvgIpc) is 3.65. The van der Waals surface area contributed by atoms with E-state index in [0.717, 1.165) is 49.7 Å². The molecule has 0 bridgehead atoms. The average molecular weight is 478 g/mol. The van der Waals surface area contributed by atoms with Gasteiger partial charge in [-0.3, -0.25) is 0 Å². The van der Waals surface area contributed by atoms with Crippen molar-refractivity contribution in [2.45, 2.75) is 88.7 Å². The van der Waals surface area contributed by atoms with E-state index in [4.69, 9.17) is 0 Å². The van der Waals surface area contributed by atoms with E-state index in [1.165, 1.54) is 33.4 Å². The molecule has 12 rings (SSSR count). The van der Waals surface area contributed by atoms with Crippen molar-refractivity contribution in [1.82, 2.24) is 0 Å². The molecule has 10 fully saturated rings. The second-order valence-electron chi connectivity index (χ2n) is 16.0. The van der Waals surface area contributed by atoms with E-state index in [2.05, 4.69) is 65.8 Å². The maximum atomic E-state index is 14.8. The third kappa shape index (κ3) is 0.318. The van der Waals surface area contributed by atoms with Crippen molar-refractivity contribution in [2.24, 2.45) is 0 Å². The van der Waals surface area contributed by atoms with E-state index >= 15 is 0 Å². The molecule has 1 spiro atoms. The van der Waals surface area contributed by atoms with Gasteiger partial charge < -0.3 is 0 Å². The summed E-state index contributed by atoms with van der Waals surface area (Å²) in [6, 6.07) is 8.85. The van der Waals surface area contributed by atoms with Crippen molar-refractivity contribution < 1.29 is 16.1 Å². The Morgan fingerprint density at radius 1 is 0.576 bits per heavy atom. The molecule has 33 heavy (non-hydrogen) atoms. The van der Waals surface area contributed by atoms with E-state index < -0.39 is 6.51 Å². The molecule has 170 valence electrons. The van der Waals surface area contributed by atoms with E-state index in [1.807, 2.05) is 0 Å². The number of rotatable bonds is 4. The number of hydrogen-bond acceptors (Lipinski definition) is 2. The van der Waals surface area contributed by atoms with Crippen LogP contribution in [0.15, 0.2) is 24.3 Å². The van der Waals surface area contributed by atoms with Crippen molar-refractivity contribution in [3.8, 4) is 0 Å². The fraction of sp³-hybridized carbons (Fsp3) is 0.533. The van der Waals surface area contributed by atoms with E-state index in [1.54, 1.807) is 0 Å². The van der Waals surface area contributed by atoms with Crippen LogP contribution in [0.4, 0.5) is 0 Å². The summed E-state index contributed by atoms with van der Waals surface area (Å²) in [5.41, 5.74) is 9.33. The Morgan fingerprint density at radius 2 is 0.848 bits per heavy atom. The van der Waals surface area contributed by atoms with Gasteiger partial charge in [0.05, 0.1) is 0 Å². The molecule has 3 heteroatoms. The zero-order valence-corrected chi connectivity index (χ0v) is 21.2. The summed E-state index contributed by atoms with van der Waals surface area (Å²) in [5.74, 6) is 1.10. The number of carbonyl (C=O) groups is 2. The first-order valence-electron chi connectivity index (χ1n) is 12.9. The predicted octanol–water partition coefficient (Wildman–Crippen LogP) is 7.73. The standard InChI is InChI=1S/2C15H15O.Fe/c2*1-10-8-11(2)14(12(3)9-10)15(16)13-6-4-5-7-13;/h2*4-9H,1-3H3;. The number of hydrogen-bond donors (Lipinski definition) is 0. The topological polar surface area (TPSA) is 34.1 Å². The molecule has 8 unspecified atom stereocenters. The fourth-order valence-electron chi connectivity index (χ4n) is 21.2. The van der Waals surface area contributed by atoms with Gasteiger partial charge in [0.1, 0.15) is 0 Å². The van der Waals surface area contributed by atoms with Crippen LogP contribution in [0.25, 0.3) is 0 Å². The van der Waals surface area contributed by atoms with Gasteiger partial charge in [-0.15, -0.1) is 0 Å². The van der Waals surface area contributed by atoms with Crippen molar-refractivity contribution in [3.05, 3.63) is 68.8 Å². The third-order valence-corrected chi connectivity index (χ3v) is 62.0. The van der Waals surface area contributed by atoms with Gasteiger partial charge in [-0.25, -0.2) is 0 Å². The molecule has 10 heterocycles. The Morgan fingerprint density at radius 3 is 1.09 bits per heavy atom. The molecule has 10 aliphatic heterocycles. The predicted molar refractivity (Wildman–Crippen MR) is 125 cm³/mol. The summed E-state index contributed by atoms with van der Waals surface area (Å²) in [4.78, 5) is 36.2. The van der Waals surface area contributed by atoms with Crippen molar-refractivity contribution in [2.75, 3.05) is 0 Å². The van der Waals surface area contributed by atoms with Crippen molar-refractivity contribution in [3.63, 3.8) is 0 Å². The molecule has 10 saturated heterocycles. The summed E-state index contributed by atoms with van der Waals surface area (Å²) in [6.45, 7) is 8.62. The first kappa shape index (κ1) is 16.1. The number of Topliss-reactive ketones (excluding diaryl/α,β-unsaturated/α-hetero) is 2. The van der Waals surface area contributed by atoms with Gasteiger partial charge in [-0.2, -0.15) is 0 Å². The van der Waals surface area contributed by atoms with Crippen LogP contribution < -0.4 is 0 Å². The molecular formula is C30H30FeO2. The fourth-order valence-corrected chi connectivity index (χ4v) is 96.6. The van der Waals surface area contributed by atoms with Crippen LogP contribution in [0, 0.1) is 41.5 Å². The normalized spacial score (nSPS) is 69.2. The number of fused-ring (bicyclic) bond motifs is 10. The molecule has 0 amide bonds. The molecule has 0 aliphatic carbocycles. The number of aryl methyl sites for hydroxylation is 6. The SMILES string of the molecule is Cc1cc(C)c(C(=O)[C]23[CH]4[CH]5[CH]6[CH]2[Fe]56432789[CH]3[CH]2[CH]7[C]8(C(=O)c2c(C)cc(C)cc2C)[CH]39)c(C)c1. The summed E-state index contributed by atoms with van der Waals surface area (Å²) in [5, 5.41) is 0. The van der Waals surface area contributed by atoms with Gasteiger partial charge >= 0.3 is 185 Å². The summed E-state index contributed by atoms with van der Waals surface area (Å²) in [6.07, 6.45) is 0. The third-order valence-electron chi connectivity index (χ3n) is 19.3. The zero-order valence-electron chi connectivity index (χ0n) is 20.1. The Labute approximate surface area is 184 Å². The molecule has 10 aliphatic rings. The van der Waals surface area contributed by atoms with Gasteiger partial charge in [0, 0.05) is 0 Å². The first-order chi connectivity index (χ1) is 15.4. The minimum absolute atomic E-state index is 0.0291. The molecule has 2 aromatic carbocycles. The van der Waals surface area contributed by atoms with Gasteiger partial charge in [-0.05, 0) is 0 Å². The van der Waals surface area contributed by atoms with E-state index in [0.29, 0.717) is 11.6 Å². The van der Waals surface area contributed by atoms with Crippen molar-refractivity contribution in [1.29, 1.82) is 0 Å². The second kappa shape index (κ2) is 2.03. The molecule has 0 saturated carbocycles. The van der Waals surface area contributed by atoms with Gasteiger partial charge in [0.2, 0.25) is 0 Å². The van der Waals surface area contributed by atoms with Crippen LogP contribution in [0.3, 0.4) is 0 Å². The summed E-state index contributed by atoms with van der Waals surface area (Å²) >= 11 is 0. The Kier molecular flexibility index (Phi) is 0.986. The van der Waals surface area contributed by atoms with Crippen LogP contribution in [0.5, 0.6) is 0 Å². The molecule has 8 atom stereocenters. The Hall–Kier alpha value is -1.70. The van der Waals surface area contributed by atoms with Gasteiger partial charge in [0.15, 0.2) is 0 Å². The molecule has 0 aromatic heterocycles. The van der Waals surface area contributed by atoms with Crippen LogP contribution >= 0.6 is 0 Å². The van der Waals surface area contributed by atoms with Crippen molar-refractivity contribution >= 4 is 11.6 Å². The van der Waals surface area contributed by atoms with Crippen LogP contribution in [0.1, 0.15) is 54.1 Å². The minimum atomic E-state index is -4.26. The Bertz CT molecular complexity index is 1790. The van der Waals surface area contributed by atoms with Gasteiger partial charge in [0.25, 0.3) is 0 Å². The van der Waals surface area contributed by atoms with E-state index in [-0.39, 0.29) is 8.63 Å². The second-order valence-corrected chi connectivity index (χ2v) is 39.2. The quantitative estimate of drug-likeness (QED) is 0.333.